The minimum Gasteiger partial charge on any atom is -1.00 e. The number of benzene rings is 2. The summed E-state index contributed by atoms with van der Waals surface area (Å²) in [4.78, 5) is 0. The normalized spacial score (nSPS) is 19.8. The molecule has 0 aromatic heterocycles. The summed E-state index contributed by atoms with van der Waals surface area (Å²) in [5.74, 6) is 0. The molecule has 0 spiro atoms. The summed E-state index contributed by atoms with van der Waals surface area (Å²) in [6.45, 7) is 2.37. The SMILES string of the molecule is CCCC[Si]1(C2c3ccccc3-c3ccc[c]([Ti+2][C]4=CC=CC4)c32)CCC1.[Cl-].[Cl-]. The van der Waals surface area contributed by atoms with Crippen molar-refractivity contribution >= 4 is 11.9 Å². The molecule has 1 unspecified atom stereocenters. The molecule has 0 saturated carbocycles. The topological polar surface area (TPSA) is 0 Å². The van der Waals surface area contributed by atoms with Crippen molar-refractivity contribution in [3.8, 4) is 11.1 Å². The number of halogens is 2. The summed E-state index contributed by atoms with van der Waals surface area (Å²) >= 11 is -0.195. The van der Waals surface area contributed by atoms with E-state index in [0.717, 1.165) is 5.54 Å². The van der Waals surface area contributed by atoms with Gasteiger partial charge in [0.25, 0.3) is 0 Å². The van der Waals surface area contributed by atoms with Gasteiger partial charge in [0.05, 0.1) is 0 Å². The zero-order chi connectivity index (χ0) is 18.3. The van der Waals surface area contributed by atoms with Gasteiger partial charge in [0.15, 0.2) is 0 Å². The summed E-state index contributed by atoms with van der Waals surface area (Å²) in [5, 5.41) is 0. The summed E-state index contributed by atoms with van der Waals surface area (Å²) in [6, 6.07) is 21.3. The van der Waals surface area contributed by atoms with E-state index in [2.05, 4.69) is 67.6 Å². The van der Waals surface area contributed by atoms with Crippen molar-refractivity contribution in [3.63, 3.8) is 0 Å². The minimum absolute atomic E-state index is 0. The van der Waals surface area contributed by atoms with E-state index >= 15 is 0 Å². The molecule has 3 aliphatic rings. The first-order valence-corrected chi connectivity index (χ1v) is 14.9. The Kier molecular flexibility index (Phi) is 7.73. The summed E-state index contributed by atoms with van der Waals surface area (Å²) < 4.78 is 3.44. The van der Waals surface area contributed by atoms with Crippen LogP contribution < -0.4 is 28.7 Å². The second kappa shape index (κ2) is 9.71. The van der Waals surface area contributed by atoms with E-state index in [9.17, 15) is 0 Å². The van der Waals surface area contributed by atoms with Gasteiger partial charge in [0.1, 0.15) is 0 Å². The van der Waals surface area contributed by atoms with Crippen LogP contribution >= 0.6 is 0 Å². The van der Waals surface area contributed by atoms with Crippen LogP contribution in [0, 0.1) is 0 Å². The van der Waals surface area contributed by atoms with Crippen LogP contribution in [0.1, 0.15) is 49.3 Å². The van der Waals surface area contributed by atoms with E-state index in [1.807, 2.05) is 0 Å². The Balaban J connectivity index is 0.00000120. The Morgan fingerprint density at radius 1 is 1.00 bits per heavy atom. The van der Waals surface area contributed by atoms with Gasteiger partial charge in [-0.3, -0.25) is 0 Å². The van der Waals surface area contributed by atoms with Crippen molar-refractivity contribution in [3.05, 3.63) is 75.7 Å². The van der Waals surface area contributed by atoms with Crippen molar-refractivity contribution in [1.29, 1.82) is 0 Å². The molecule has 4 heteroatoms. The molecule has 0 nitrogen and oxygen atoms in total. The maximum absolute atomic E-state index is 2.48. The van der Waals surface area contributed by atoms with E-state index in [4.69, 9.17) is 0 Å². The van der Waals surface area contributed by atoms with Crippen LogP contribution in [0.25, 0.3) is 11.1 Å². The monoisotopic (exact) mass is 474 g/mol. The van der Waals surface area contributed by atoms with Crippen LogP contribution in [-0.2, 0) is 19.2 Å². The van der Waals surface area contributed by atoms with E-state index < -0.39 is 8.07 Å². The zero-order valence-electron chi connectivity index (χ0n) is 17.1. The number of allylic oxidation sites excluding steroid dienone is 4. The molecule has 2 aromatic carbocycles. The fourth-order valence-corrected chi connectivity index (χ4v) is 13.4. The zero-order valence-corrected chi connectivity index (χ0v) is 21.1. The quantitative estimate of drug-likeness (QED) is 0.536. The van der Waals surface area contributed by atoms with E-state index in [1.165, 1.54) is 25.7 Å². The first kappa shape index (κ1) is 23.1. The molecule has 150 valence electrons. The summed E-state index contributed by atoms with van der Waals surface area (Å²) in [6.07, 6.45) is 12.5. The van der Waals surface area contributed by atoms with Crippen LogP contribution in [0.3, 0.4) is 0 Å². The van der Waals surface area contributed by atoms with Gasteiger partial charge in [0, 0.05) is 0 Å². The largest absolute Gasteiger partial charge is 1.00 e. The number of unbranched alkanes of at least 4 members (excludes halogenated alkanes) is 1. The molecule has 0 N–H and O–H groups in total. The third-order valence-corrected chi connectivity index (χ3v) is 15.1. The molecule has 0 bridgehead atoms. The van der Waals surface area contributed by atoms with Gasteiger partial charge in [-0.05, 0) is 0 Å². The standard InChI is InChI=1S/C20H23Si.C5H5.2ClH.Ti/c1-2-3-13-21(14-8-15-21)20-18-11-6-4-9-16(18)17-10-5-7-12-19(17)20;1-2-4-5-3-1;;;/h4-7,9-11,20H,2-3,8,13-15H2,1H3;1-3H,4H2;2*1H;/q;;;;+2/p-2. The minimum atomic E-state index is -1.24. The second-order valence-corrected chi connectivity index (χ2v) is 15.6. The van der Waals surface area contributed by atoms with Crippen molar-refractivity contribution < 1.29 is 44.0 Å². The van der Waals surface area contributed by atoms with Crippen LogP contribution in [0.4, 0.5) is 0 Å². The van der Waals surface area contributed by atoms with Crippen LogP contribution in [0.5, 0.6) is 0 Å². The van der Waals surface area contributed by atoms with Gasteiger partial charge in [-0.15, -0.1) is 0 Å². The molecular formula is C25H28Cl2SiTi. The first-order chi connectivity index (χ1) is 13.3. The summed E-state index contributed by atoms with van der Waals surface area (Å²) in [5.41, 5.74) is 7.39. The van der Waals surface area contributed by atoms with Gasteiger partial charge in [-0.25, -0.2) is 0 Å². The van der Waals surface area contributed by atoms with Crippen LogP contribution in [0.2, 0.25) is 18.1 Å². The Morgan fingerprint density at radius 3 is 2.48 bits per heavy atom. The molecule has 0 radical (unpaired) electrons. The van der Waals surface area contributed by atoms with Crippen molar-refractivity contribution in [2.45, 2.75) is 56.3 Å². The molecule has 0 amide bonds. The fraction of sp³-hybridized carbons (Fsp3) is 0.360. The van der Waals surface area contributed by atoms with Crippen LogP contribution in [-0.4, -0.2) is 8.07 Å². The van der Waals surface area contributed by atoms with E-state index in [-0.39, 0.29) is 44.0 Å². The Hall–Kier alpha value is -0.569. The van der Waals surface area contributed by atoms with Gasteiger partial charge < -0.3 is 24.8 Å². The van der Waals surface area contributed by atoms with Crippen molar-refractivity contribution in [2.24, 2.45) is 0 Å². The number of hydrogen-bond donors (Lipinski definition) is 0. The van der Waals surface area contributed by atoms with Gasteiger partial charge >= 0.3 is 174 Å². The molecule has 1 heterocycles. The average Bonchev–Trinajstić information content (AvgIpc) is 3.29. The van der Waals surface area contributed by atoms with E-state index in [0.29, 0.717) is 0 Å². The Labute approximate surface area is 198 Å². The molecule has 1 atom stereocenters. The average molecular weight is 475 g/mol. The summed E-state index contributed by atoms with van der Waals surface area (Å²) in [7, 11) is -1.24. The Bertz CT molecular complexity index is 930. The third-order valence-electron chi connectivity index (χ3n) is 7.01. The smallest absolute Gasteiger partial charge is 1.00 e. The third kappa shape index (κ3) is 4.02. The second-order valence-electron chi connectivity index (χ2n) is 8.56. The van der Waals surface area contributed by atoms with Crippen molar-refractivity contribution in [1.82, 2.24) is 0 Å². The number of rotatable bonds is 6. The molecule has 1 fully saturated rings. The van der Waals surface area contributed by atoms with Gasteiger partial charge in [-0.2, -0.15) is 0 Å². The van der Waals surface area contributed by atoms with Gasteiger partial charge in [-0.1, -0.05) is 0 Å². The molecule has 2 aromatic rings. The van der Waals surface area contributed by atoms with Crippen molar-refractivity contribution in [2.75, 3.05) is 0 Å². The van der Waals surface area contributed by atoms with Crippen LogP contribution in [0.15, 0.2) is 64.6 Å². The fourth-order valence-electron chi connectivity index (χ4n) is 5.56. The first-order valence-electron chi connectivity index (χ1n) is 10.7. The molecule has 1 aliphatic heterocycles. The molecule has 5 rings (SSSR count). The predicted molar refractivity (Wildman–Crippen MR) is 115 cm³/mol. The van der Waals surface area contributed by atoms with E-state index in [1.54, 1.807) is 48.1 Å². The van der Waals surface area contributed by atoms with Gasteiger partial charge in [0.2, 0.25) is 0 Å². The maximum atomic E-state index is 2.48. The predicted octanol–water partition coefficient (Wildman–Crippen LogP) is 0.550. The molecule has 1 saturated heterocycles. The number of fused-ring (bicyclic) bond motifs is 3. The molecule has 2 aliphatic carbocycles. The molecule has 29 heavy (non-hydrogen) atoms. The number of hydrogen-bond acceptors (Lipinski definition) is 0. The maximum Gasteiger partial charge on any atom is -1.00 e. The Morgan fingerprint density at radius 2 is 1.79 bits per heavy atom. The molecular weight excluding hydrogens is 447 g/mol.